The monoisotopic (exact) mass is 818 g/mol. The largest absolute Gasteiger partial charge is 0.311 e. The molecule has 1 spiro atoms. The minimum absolute atomic E-state index is 0.0113. The van der Waals surface area contributed by atoms with Crippen LogP contribution in [0.2, 0.25) is 0 Å². The smallest absolute Gasteiger partial charge is 0.252 e. The predicted octanol–water partition coefficient (Wildman–Crippen LogP) is 14.3. The van der Waals surface area contributed by atoms with E-state index in [2.05, 4.69) is 218 Å². The van der Waals surface area contributed by atoms with Crippen LogP contribution in [0, 0.1) is 23.7 Å². The van der Waals surface area contributed by atoms with Crippen LogP contribution in [0.15, 0.2) is 146 Å². The second kappa shape index (κ2) is 13.1. The lowest BCUT2D eigenvalue weighted by Gasteiger charge is -2.49. The second-order valence-corrected chi connectivity index (χ2v) is 21.8. The molecule has 2 fully saturated rings. The molecule has 2 unspecified atom stereocenters. The van der Waals surface area contributed by atoms with Gasteiger partial charge in [-0.05, 0) is 169 Å². The standard InChI is InChI=1S/C60H59BN2/c1-37(2)39-18-14-20-43(33-39)63-51-26-16-25-50-55(51)61(49-29-27-41(35-53(49)63)57(4,5)6)56-52(62(50)44-21-15-19-40(34-44)45-22-11-10-17-38(45)3)30-28-48-54(56)46-23-12-13-24-47(46)60(48)36-42-31-32-59(60,9)58(42,7)8/h10-30,33-35,37,42H,31-32,36H2,1-9H3/t42?,59?,60-/m0/s1. The highest BCUT2D eigenvalue weighted by atomic mass is 15.2. The average molecular weight is 819 g/mol. The molecule has 312 valence electrons. The van der Waals surface area contributed by atoms with Gasteiger partial charge in [-0.2, -0.15) is 0 Å². The van der Waals surface area contributed by atoms with Gasteiger partial charge in [-0.3, -0.25) is 0 Å². The third-order valence-corrected chi connectivity index (χ3v) is 17.4. The number of rotatable bonds is 4. The quantitative estimate of drug-likeness (QED) is 0.163. The Morgan fingerprint density at radius 2 is 1.29 bits per heavy atom. The topological polar surface area (TPSA) is 6.48 Å². The summed E-state index contributed by atoms with van der Waals surface area (Å²) < 4.78 is 0. The second-order valence-electron chi connectivity index (χ2n) is 21.8. The van der Waals surface area contributed by atoms with Crippen LogP contribution in [0.3, 0.4) is 0 Å². The molecule has 3 heteroatoms. The Labute approximate surface area is 376 Å². The van der Waals surface area contributed by atoms with Crippen molar-refractivity contribution in [1.29, 1.82) is 0 Å². The van der Waals surface area contributed by atoms with Crippen LogP contribution >= 0.6 is 0 Å². The molecule has 7 aromatic rings. The van der Waals surface area contributed by atoms with Crippen LogP contribution in [-0.2, 0) is 10.8 Å². The van der Waals surface area contributed by atoms with Gasteiger partial charge < -0.3 is 9.80 Å². The molecule has 0 N–H and O–H groups in total. The summed E-state index contributed by atoms with van der Waals surface area (Å²) in [6.45, 7) is 21.8. The minimum atomic E-state index is -0.0351. The summed E-state index contributed by atoms with van der Waals surface area (Å²) >= 11 is 0. The van der Waals surface area contributed by atoms with Crippen molar-refractivity contribution in [2.24, 2.45) is 16.7 Å². The summed E-state index contributed by atoms with van der Waals surface area (Å²) in [5, 5.41) is 0. The summed E-state index contributed by atoms with van der Waals surface area (Å²) in [5.74, 6) is 1.12. The van der Waals surface area contributed by atoms with Gasteiger partial charge in [0.1, 0.15) is 0 Å². The summed E-state index contributed by atoms with van der Waals surface area (Å²) in [7, 11) is 0. The minimum Gasteiger partial charge on any atom is -0.311 e. The zero-order valence-corrected chi connectivity index (χ0v) is 38.6. The van der Waals surface area contributed by atoms with E-state index in [4.69, 9.17) is 0 Å². The van der Waals surface area contributed by atoms with Crippen molar-refractivity contribution in [2.45, 2.75) is 98.3 Å². The highest BCUT2D eigenvalue weighted by molar-refractivity contribution is 7.01. The van der Waals surface area contributed by atoms with Crippen LogP contribution in [0.25, 0.3) is 22.3 Å². The van der Waals surface area contributed by atoms with Gasteiger partial charge in [-0.15, -0.1) is 0 Å². The molecular weight excluding hydrogens is 759 g/mol. The Balaban J connectivity index is 1.20. The number of benzene rings is 7. The molecule has 0 radical (unpaired) electrons. The Kier molecular flexibility index (Phi) is 8.10. The lowest BCUT2D eigenvalue weighted by atomic mass is 9.32. The number of nitrogens with zero attached hydrogens (tertiary/aromatic N) is 2. The van der Waals surface area contributed by atoms with Crippen molar-refractivity contribution in [3.8, 4) is 22.3 Å². The van der Waals surface area contributed by atoms with E-state index in [1.54, 1.807) is 11.1 Å². The first-order valence-corrected chi connectivity index (χ1v) is 23.7. The van der Waals surface area contributed by atoms with E-state index < -0.39 is 0 Å². The van der Waals surface area contributed by atoms with E-state index in [0.717, 1.165) is 0 Å². The van der Waals surface area contributed by atoms with Crippen molar-refractivity contribution >= 4 is 57.2 Å². The van der Waals surface area contributed by atoms with Crippen molar-refractivity contribution in [3.05, 3.63) is 173 Å². The fraction of sp³-hybridized carbons (Fsp3) is 0.300. The van der Waals surface area contributed by atoms with Crippen LogP contribution in [0.1, 0.15) is 108 Å². The van der Waals surface area contributed by atoms with Crippen molar-refractivity contribution in [2.75, 3.05) is 9.80 Å². The van der Waals surface area contributed by atoms with Gasteiger partial charge in [0, 0.05) is 39.5 Å². The van der Waals surface area contributed by atoms with Gasteiger partial charge in [0.05, 0.1) is 0 Å². The lowest BCUT2D eigenvalue weighted by molar-refractivity contribution is 0.0990. The van der Waals surface area contributed by atoms with Crippen molar-refractivity contribution in [3.63, 3.8) is 0 Å². The molecule has 2 heterocycles. The maximum absolute atomic E-state index is 2.66. The summed E-state index contributed by atoms with van der Waals surface area (Å²) in [6.07, 6.45) is 3.82. The zero-order chi connectivity index (χ0) is 43.4. The van der Waals surface area contributed by atoms with E-state index in [1.807, 2.05) is 0 Å². The molecule has 2 nitrogen and oxygen atoms in total. The fourth-order valence-corrected chi connectivity index (χ4v) is 13.8. The number of aryl methyl sites for hydroxylation is 1. The first-order chi connectivity index (χ1) is 30.2. The fourth-order valence-electron chi connectivity index (χ4n) is 13.8. The number of hydrogen-bond acceptors (Lipinski definition) is 2. The third-order valence-electron chi connectivity index (χ3n) is 17.4. The van der Waals surface area contributed by atoms with Gasteiger partial charge in [0.15, 0.2) is 0 Å². The van der Waals surface area contributed by atoms with Crippen LogP contribution in [-0.4, -0.2) is 6.71 Å². The van der Waals surface area contributed by atoms with Crippen LogP contribution < -0.4 is 26.2 Å². The summed E-state index contributed by atoms with van der Waals surface area (Å²) in [6, 6.07) is 56.8. The van der Waals surface area contributed by atoms with E-state index in [1.165, 1.54) is 109 Å². The normalized spacial score (nSPS) is 22.0. The molecule has 12 rings (SSSR count). The molecule has 3 aliphatic carbocycles. The van der Waals surface area contributed by atoms with Crippen molar-refractivity contribution in [1.82, 2.24) is 0 Å². The molecular formula is C60H59BN2. The molecule has 0 amide bonds. The Morgan fingerprint density at radius 3 is 1.98 bits per heavy atom. The third kappa shape index (κ3) is 5.03. The number of hydrogen-bond donors (Lipinski definition) is 0. The number of fused-ring (bicyclic) bond motifs is 13. The first kappa shape index (κ1) is 38.8. The van der Waals surface area contributed by atoms with Crippen molar-refractivity contribution < 1.29 is 0 Å². The Hall–Kier alpha value is -5.80. The van der Waals surface area contributed by atoms with E-state index in [-0.39, 0.29) is 28.4 Å². The van der Waals surface area contributed by atoms with E-state index >= 15 is 0 Å². The van der Waals surface area contributed by atoms with Gasteiger partial charge in [-0.25, -0.2) is 0 Å². The zero-order valence-electron chi connectivity index (χ0n) is 38.6. The molecule has 63 heavy (non-hydrogen) atoms. The maximum atomic E-state index is 2.66. The Bertz CT molecular complexity index is 3060. The molecule has 2 bridgehead atoms. The molecule has 7 aromatic carbocycles. The molecule has 3 atom stereocenters. The molecule has 2 aliphatic heterocycles. The molecule has 0 aromatic heterocycles. The van der Waals surface area contributed by atoms with Crippen LogP contribution in [0.4, 0.5) is 34.1 Å². The van der Waals surface area contributed by atoms with Gasteiger partial charge >= 0.3 is 0 Å². The average Bonchev–Trinajstić information content (AvgIpc) is 3.76. The number of anilines is 6. The highest BCUT2D eigenvalue weighted by Crippen LogP contribution is 2.78. The Morgan fingerprint density at radius 1 is 0.619 bits per heavy atom. The van der Waals surface area contributed by atoms with Crippen LogP contribution in [0.5, 0.6) is 0 Å². The maximum Gasteiger partial charge on any atom is 0.252 e. The molecule has 2 saturated carbocycles. The SMILES string of the molecule is Cc1ccccc1-c1cccc(N2c3cccc4c3B(c3ccc(C(C)(C)C)cc3N4c3cccc(C(C)C)c3)c3c2ccc2c3-c3ccccc3[C@@]23CC2CCC3(C)C2(C)C)c1. The molecule has 5 aliphatic rings. The first-order valence-electron chi connectivity index (χ1n) is 23.7. The summed E-state index contributed by atoms with van der Waals surface area (Å²) in [5.41, 5.74) is 24.7. The predicted molar refractivity (Wildman–Crippen MR) is 269 cm³/mol. The van der Waals surface area contributed by atoms with Gasteiger partial charge in [0.2, 0.25) is 0 Å². The molecule has 0 saturated heterocycles. The van der Waals surface area contributed by atoms with E-state index in [9.17, 15) is 0 Å². The summed E-state index contributed by atoms with van der Waals surface area (Å²) in [4.78, 5) is 5.24. The lowest BCUT2D eigenvalue weighted by Crippen LogP contribution is -2.62. The highest BCUT2D eigenvalue weighted by Gasteiger charge is 2.71. The van der Waals surface area contributed by atoms with Gasteiger partial charge in [-0.1, -0.05) is 152 Å². The van der Waals surface area contributed by atoms with Gasteiger partial charge in [0.25, 0.3) is 6.71 Å². The van der Waals surface area contributed by atoms with E-state index in [0.29, 0.717) is 11.8 Å².